The first-order valence-corrected chi connectivity index (χ1v) is 8.60. The second kappa shape index (κ2) is 7.47. The number of carbonyl (C=O) groups excluding carboxylic acids is 2. The molecule has 1 aliphatic heterocycles. The monoisotopic (exact) mass is 337 g/mol. The molecule has 2 heterocycles. The average molecular weight is 337 g/mol. The summed E-state index contributed by atoms with van der Waals surface area (Å²) in [5.74, 6) is -0.00739. The minimum Gasteiger partial charge on any atom is -0.329 e. The number of anilines is 1. The van der Waals surface area contributed by atoms with E-state index in [-0.39, 0.29) is 24.4 Å². The molecule has 2 aromatic rings. The fourth-order valence-electron chi connectivity index (χ4n) is 3.17. The van der Waals surface area contributed by atoms with E-state index in [9.17, 15) is 9.59 Å². The van der Waals surface area contributed by atoms with E-state index in [0.717, 1.165) is 16.8 Å². The summed E-state index contributed by atoms with van der Waals surface area (Å²) in [4.78, 5) is 32.7. The number of hydrogen-bond acceptors (Lipinski definition) is 3. The number of pyridine rings is 1. The number of benzene rings is 1. The van der Waals surface area contributed by atoms with Gasteiger partial charge in [0.1, 0.15) is 6.54 Å². The van der Waals surface area contributed by atoms with Crippen molar-refractivity contribution in [2.24, 2.45) is 0 Å². The van der Waals surface area contributed by atoms with E-state index in [1.54, 1.807) is 22.2 Å². The molecule has 2 amide bonds. The van der Waals surface area contributed by atoms with Gasteiger partial charge in [-0.1, -0.05) is 18.2 Å². The largest absolute Gasteiger partial charge is 0.329 e. The molecule has 3 rings (SSSR count). The van der Waals surface area contributed by atoms with Crippen LogP contribution in [-0.2, 0) is 16.0 Å². The van der Waals surface area contributed by atoms with Gasteiger partial charge in [0.2, 0.25) is 11.8 Å². The Hall–Kier alpha value is -2.69. The van der Waals surface area contributed by atoms with Crippen LogP contribution in [0.5, 0.6) is 0 Å². The zero-order valence-corrected chi connectivity index (χ0v) is 14.7. The molecule has 0 spiro atoms. The second-order valence-electron chi connectivity index (χ2n) is 6.58. The molecule has 0 saturated carbocycles. The SMILES string of the molecule is Cc1cccc(N2C[C@@H](C)N(C(=O)CCc3cccnc3)CC2=O)c1. The Morgan fingerprint density at radius 1 is 1.28 bits per heavy atom. The van der Waals surface area contributed by atoms with Gasteiger partial charge in [-0.3, -0.25) is 14.6 Å². The summed E-state index contributed by atoms with van der Waals surface area (Å²) in [5, 5.41) is 0. The number of aryl methyl sites for hydroxylation is 2. The minimum absolute atomic E-state index is 0.000361. The first-order chi connectivity index (χ1) is 12.0. The van der Waals surface area contributed by atoms with E-state index in [1.807, 2.05) is 50.2 Å². The zero-order chi connectivity index (χ0) is 17.8. The van der Waals surface area contributed by atoms with Crippen molar-refractivity contribution in [1.29, 1.82) is 0 Å². The molecule has 0 bridgehead atoms. The van der Waals surface area contributed by atoms with E-state index in [4.69, 9.17) is 0 Å². The Kier molecular flexibility index (Phi) is 5.12. The molecule has 1 saturated heterocycles. The summed E-state index contributed by atoms with van der Waals surface area (Å²) >= 11 is 0. The van der Waals surface area contributed by atoms with E-state index in [1.165, 1.54) is 0 Å². The van der Waals surface area contributed by atoms with Crippen molar-refractivity contribution < 1.29 is 9.59 Å². The van der Waals surface area contributed by atoms with Gasteiger partial charge in [0.05, 0.1) is 0 Å². The molecule has 1 aromatic heterocycles. The predicted molar refractivity (Wildman–Crippen MR) is 97.3 cm³/mol. The van der Waals surface area contributed by atoms with Crippen LogP contribution in [0.25, 0.3) is 0 Å². The average Bonchev–Trinajstić information content (AvgIpc) is 2.62. The van der Waals surface area contributed by atoms with Gasteiger partial charge in [-0.05, 0) is 49.6 Å². The summed E-state index contributed by atoms with van der Waals surface area (Å²) in [5.41, 5.74) is 3.06. The minimum atomic E-state index is -0.0292. The normalized spacial score (nSPS) is 17.7. The summed E-state index contributed by atoms with van der Waals surface area (Å²) in [6, 6.07) is 11.7. The number of amides is 2. The van der Waals surface area contributed by atoms with E-state index in [0.29, 0.717) is 19.4 Å². The second-order valence-corrected chi connectivity index (χ2v) is 6.58. The Balaban J connectivity index is 1.63. The van der Waals surface area contributed by atoms with Gasteiger partial charge in [0, 0.05) is 37.1 Å². The highest BCUT2D eigenvalue weighted by Crippen LogP contribution is 2.22. The maximum atomic E-state index is 12.6. The lowest BCUT2D eigenvalue weighted by atomic mass is 10.1. The molecule has 0 unspecified atom stereocenters. The Labute approximate surface area is 148 Å². The lowest BCUT2D eigenvalue weighted by Gasteiger charge is -2.39. The van der Waals surface area contributed by atoms with Crippen LogP contribution in [0, 0.1) is 6.92 Å². The molecule has 5 heteroatoms. The number of rotatable bonds is 4. The van der Waals surface area contributed by atoms with Crippen molar-refractivity contribution in [1.82, 2.24) is 9.88 Å². The van der Waals surface area contributed by atoms with Crippen molar-refractivity contribution in [3.8, 4) is 0 Å². The standard InChI is InChI=1S/C20H23N3O2/c1-15-5-3-7-18(11-15)23-13-16(2)22(14-20(23)25)19(24)9-8-17-6-4-10-21-12-17/h3-7,10-12,16H,8-9,13-14H2,1-2H3/t16-/m1/s1. The van der Waals surface area contributed by atoms with Gasteiger partial charge in [0.25, 0.3) is 0 Å². The molecule has 1 atom stereocenters. The molecule has 1 aromatic carbocycles. The van der Waals surface area contributed by atoms with Gasteiger partial charge in [-0.25, -0.2) is 0 Å². The van der Waals surface area contributed by atoms with Crippen LogP contribution in [0.3, 0.4) is 0 Å². The fraction of sp³-hybridized carbons (Fsp3) is 0.350. The van der Waals surface area contributed by atoms with E-state index < -0.39 is 0 Å². The quantitative estimate of drug-likeness (QED) is 0.862. The third-order valence-corrected chi connectivity index (χ3v) is 4.57. The Bertz CT molecular complexity index is 761. The summed E-state index contributed by atoms with van der Waals surface area (Å²) in [7, 11) is 0. The van der Waals surface area contributed by atoms with Crippen molar-refractivity contribution >= 4 is 17.5 Å². The van der Waals surface area contributed by atoms with Crippen molar-refractivity contribution in [3.63, 3.8) is 0 Å². The number of nitrogens with zero attached hydrogens (tertiary/aromatic N) is 3. The summed E-state index contributed by atoms with van der Waals surface area (Å²) in [6.45, 7) is 4.68. The molecular weight excluding hydrogens is 314 g/mol. The highest BCUT2D eigenvalue weighted by atomic mass is 16.2. The molecule has 0 radical (unpaired) electrons. The zero-order valence-electron chi connectivity index (χ0n) is 14.7. The number of piperazine rings is 1. The number of carbonyl (C=O) groups is 2. The Morgan fingerprint density at radius 2 is 2.12 bits per heavy atom. The van der Waals surface area contributed by atoms with Crippen LogP contribution < -0.4 is 4.90 Å². The lowest BCUT2D eigenvalue weighted by molar-refractivity contribution is -0.139. The molecule has 25 heavy (non-hydrogen) atoms. The molecule has 5 nitrogen and oxygen atoms in total. The number of aromatic nitrogens is 1. The van der Waals surface area contributed by atoms with Crippen molar-refractivity contribution in [2.75, 3.05) is 18.0 Å². The van der Waals surface area contributed by atoms with Crippen LogP contribution in [-0.4, -0.2) is 40.8 Å². The first kappa shape index (κ1) is 17.1. The van der Waals surface area contributed by atoms with Gasteiger partial charge in [-0.15, -0.1) is 0 Å². The van der Waals surface area contributed by atoms with Gasteiger partial charge in [-0.2, -0.15) is 0 Å². The molecular formula is C20H23N3O2. The molecule has 1 fully saturated rings. The predicted octanol–water partition coefficient (Wildman–Crippen LogP) is 2.59. The fourth-order valence-corrected chi connectivity index (χ4v) is 3.17. The van der Waals surface area contributed by atoms with Crippen LogP contribution >= 0.6 is 0 Å². The number of hydrogen-bond donors (Lipinski definition) is 0. The summed E-state index contributed by atoms with van der Waals surface area (Å²) < 4.78 is 0. The highest BCUT2D eigenvalue weighted by molar-refractivity contribution is 5.98. The maximum Gasteiger partial charge on any atom is 0.246 e. The molecule has 1 aliphatic rings. The van der Waals surface area contributed by atoms with Crippen LogP contribution in [0.15, 0.2) is 48.8 Å². The van der Waals surface area contributed by atoms with Crippen LogP contribution in [0.4, 0.5) is 5.69 Å². The Morgan fingerprint density at radius 3 is 2.84 bits per heavy atom. The highest BCUT2D eigenvalue weighted by Gasteiger charge is 2.32. The lowest BCUT2D eigenvalue weighted by Crippen LogP contribution is -2.57. The third kappa shape index (κ3) is 4.05. The topological polar surface area (TPSA) is 53.5 Å². The van der Waals surface area contributed by atoms with Crippen LogP contribution in [0.2, 0.25) is 0 Å². The van der Waals surface area contributed by atoms with Gasteiger partial charge < -0.3 is 9.80 Å². The van der Waals surface area contributed by atoms with Crippen molar-refractivity contribution in [3.05, 3.63) is 59.9 Å². The van der Waals surface area contributed by atoms with E-state index in [2.05, 4.69) is 4.98 Å². The molecule has 130 valence electrons. The smallest absolute Gasteiger partial charge is 0.246 e. The molecule has 0 aliphatic carbocycles. The first-order valence-electron chi connectivity index (χ1n) is 8.60. The molecule has 0 N–H and O–H groups in total. The van der Waals surface area contributed by atoms with Gasteiger partial charge in [0.15, 0.2) is 0 Å². The third-order valence-electron chi connectivity index (χ3n) is 4.57. The van der Waals surface area contributed by atoms with Crippen molar-refractivity contribution in [2.45, 2.75) is 32.7 Å². The summed E-state index contributed by atoms with van der Waals surface area (Å²) in [6.07, 6.45) is 4.54. The maximum absolute atomic E-state index is 12.6. The van der Waals surface area contributed by atoms with Gasteiger partial charge >= 0.3 is 0 Å². The van der Waals surface area contributed by atoms with E-state index >= 15 is 0 Å². The van der Waals surface area contributed by atoms with Crippen LogP contribution in [0.1, 0.15) is 24.5 Å².